The summed E-state index contributed by atoms with van der Waals surface area (Å²) in [6.07, 6.45) is 0. The zero-order chi connectivity index (χ0) is 11.0. The van der Waals surface area contributed by atoms with E-state index in [0.717, 1.165) is 0 Å². The van der Waals surface area contributed by atoms with Gasteiger partial charge in [-0.25, -0.2) is 9.59 Å². The highest BCUT2D eigenvalue weighted by Crippen LogP contribution is 2.31. The molecule has 5 heteroatoms. The molecule has 0 spiro atoms. The number of benzene rings is 1. The second kappa shape index (κ2) is 3.79. The van der Waals surface area contributed by atoms with Gasteiger partial charge in [-0.2, -0.15) is 0 Å². The molecule has 76 valence electrons. The number of hydrogen-bond donors (Lipinski definition) is 0. The molecule has 0 saturated heterocycles. The Balaban J connectivity index is 2.51. The van der Waals surface area contributed by atoms with Crippen LogP contribution < -0.4 is 0 Å². The predicted molar refractivity (Wildman–Crippen MR) is 58.4 cm³/mol. The first-order valence-corrected chi connectivity index (χ1v) is 5.19. The van der Waals surface area contributed by atoms with Gasteiger partial charge < -0.3 is 4.74 Å². The van der Waals surface area contributed by atoms with Crippen molar-refractivity contribution in [3.05, 3.63) is 39.3 Å². The van der Waals surface area contributed by atoms with Crippen LogP contribution >= 0.6 is 27.5 Å². The molecular formula is C10H4BrClO3. The molecule has 0 radical (unpaired) electrons. The molecule has 15 heavy (non-hydrogen) atoms. The second-order valence-corrected chi connectivity index (χ2v) is 4.10. The molecule has 0 aromatic heterocycles. The van der Waals surface area contributed by atoms with Gasteiger partial charge in [0, 0.05) is 5.02 Å². The van der Waals surface area contributed by atoms with E-state index in [1.807, 2.05) is 0 Å². The maximum absolute atomic E-state index is 11.3. The quantitative estimate of drug-likeness (QED) is 0.589. The van der Waals surface area contributed by atoms with Gasteiger partial charge in [0.2, 0.25) is 0 Å². The SMILES string of the molecule is O=C1OC(=O)C(c2ccc(Cl)cc2)=C1Br. The predicted octanol–water partition coefficient (Wildman–Crippen LogP) is 2.53. The monoisotopic (exact) mass is 286 g/mol. The van der Waals surface area contributed by atoms with Crippen molar-refractivity contribution in [2.45, 2.75) is 0 Å². The minimum Gasteiger partial charge on any atom is -0.385 e. The molecule has 0 bridgehead atoms. The zero-order valence-corrected chi connectivity index (χ0v) is 9.63. The summed E-state index contributed by atoms with van der Waals surface area (Å²) in [7, 11) is 0. The molecule has 1 aliphatic rings. The van der Waals surface area contributed by atoms with E-state index in [0.29, 0.717) is 10.6 Å². The molecule has 0 unspecified atom stereocenters. The van der Waals surface area contributed by atoms with Crippen molar-refractivity contribution < 1.29 is 14.3 Å². The van der Waals surface area contributed by atoms with E-state index >= 15 is 0 Å². The average Bonchev–Trinajstić information content (AvgIpc) is 2.44. The lowest BCUT2D eigenvalue weighted by molar-refractivity contribution is -0.149. The first-order valence-electron chi connectivity index (χ1n) is 4.02. The molecule has 0 fully saturated rings. The fourth-order valence-electron chi connectivity index (χ4n) is 1.23. The highest BCUT2D eigenvalue weighted by atomic mass is 79.9. The van der Waals surface area contributed by atoms with Crippen LogP contribution in [0.4, 0.5) is 0 Å². The summed E-state index contributed by atoms with van der Waals surface area (Å²) in [5.74, 6) is -1.31. The molecule has 0 atom stereocenters. The lowest BCUT2D eigenvalue weighted by Crippen LogP contribution is -2.01. The van der Waals surface area contributed by atoms with Gasteiger partial charge in [-0.15, -0.1) is 0 Å². The van der Waals surface area contributed by atoms with Crippen molar-refractivity contribution in [1.82, 2.24) is 0 Å². The third-order valence-corrected chi connectivity index (χ3v) is 2.89. The summed E-state index contributed by atoms with van der Waals surface area (Å²) in [6.45, 7) is 0. The van der Waals surface area contributed by atoms with Crippen LogP contribution in [0.3, 0.4) is 0 Å². The summed E-state index contributed by atoms with van der Waals surface area (Å²) in [5.41, 5.74) is 0.832. The Labute approximate surface area is 98.8 Å². The van der Waals surface area contributed by atoms with Crippen LogP contribution in [0.5, 0.6) is 0 Å². The zero-order valence-electron chi connectivity index (χ0n) is 7.29. The van der Waals surface area contributed by atoms with Crippen LogP contribution in [0, 0.1) is 0 Å². The summed E-state index contributed by atoms with van der Waals surface area (Å²) in [6, 6.07) is 6.58. The van der Waals surface area contributed by atoms with E-state index < -0.39 is 11.9 Å². The van der Waals surface area contributed by atoms with E-state index in [2.05, 4.69) is 20.7 Å². The maximum Gasteiger partial charge on any atom is 0.354 e. The smallest absolute Gasteiger partial charge is 0.354 e. The number of rotatable bonds is 1. The number of carbonyl (C=O) groups excluding carboxylic acids is 2. The first kappa shape index (κ1) is 10.4. The Morgan fingerprint density at radius 1 is 1.07 bits per heavy atom. The van der Waals surface area contributed by atoms with Crippen LogP contribution in [-0.4, -0.2) is 11.9 Å². The molecule has 3 nitrogen and oxygen atoms in total. The van der Waals surface area contributed by atoms with E-state index in [9.17, 15) is 9.59 Å². The molecule has 0 saturated carbocycles. The van der Waals surface area contributed by atoms with Gasteiger partial charge >= 0.3 is 11.9 Å². The Kier molecular flexibility index (Phi) is 2.63. The minimum atomic E-state index is -0.662. The number of halogens is 2. The van der Waals surface area contributed by atoms with E-state index in [4.69, 9.17) is 11.6 Å². The van der Waals surface area contributed by atoms with E-state index in [1.54, 1.807) is 24.3 Å². The highest BCUT2D eigenvalue weighted by Gasteiger charge is 2.32. The standard InChI is InChI=1S/C10H4BrClO3/c11-8-7(9(13)15-10(8)14)5-1-3-6(12)4-2-5/h1-4H. The topological polar surface area (TPSA) is 43.4 Å². The van der Waals surface area contributed by atoms with Gasteiger partial charge in [0.1, 0.15) is 4.48 Å². The van der Waals surface area contributed by atoms with Crippen LogP contribution in [-0.2, 0) is 14.3 Å². The Bertz CT molecular complexity index is 476. The Morgan fingerprint density at radius 2 is 1.67 bits per heavy atom. The number of ether oxygens (including phenoxy) is 1. The lowest BCUT2D eigenvalue weighted by Gasteiger charge is -1.98. The Morgan fingerprint density at radius 3 is 2.13 bits per heavy atom. The van der Waals surface area contributed by atoms with Gasteiger partial charge in [-0.3, -0.25) is 0 Å². The van der Waals surface area contributed by atoms with Gasteiger partial charge in [0.15, 0.2) is 0 Å². The van der Waals surface area contributed by atoms with Crippen LogP contribution in [0.25, 0.3) is 5.57 Å². The fourth-order valence-corrected chi connectivity index (χ4v) is 1.83. The van der Waals surface area contributed by atoms with Crippen LogP contribution in [0.15, 0.2) is 28.7 Å². The molecule has 1 aliphatic heterocycles. The third-order valence-electron chi connectivity index (χ3n) is 1.92. The number of esters is 2. The largest absolute Gasteiger partial charge is 0.385 e. The molecule has 0 N–H and O–H groups in total. The summed E-state index contributed by atoms with van der Waals surface area (Å²) in [5, 5.41) is 0.563. The lowest BCUT2D eigenvalue weighted by atomic mass is 10.1. The van der Waals surface area contributed by atoms with E-state index in [1.165, 1.54) is 0 Å². The maximum atomic E-state index is 11.3. The number of hydrogen-bond acceptors (Lipinski definition) is 3. The van der Waals surface area contributed by atoms with Crippen molar-refractivity contribution in [2.24, 2.45) is 0 Å². The molecule has 0 amide bonds. The third kappa shape index (κ3) is 1.82. The minimum absolute atomic E-state index is 0.148. The fraction of sp³-hybridized carbons (Fsp3) is 0. The van der Waals surface area contributed by atoms with Crippen LogP contribution in [0.1, 0.15) is 5.56 Å². The molecule has 0 aliphatic carbocycles. The van der Waals surface area contributed by atoms with Crippen molar-refractivity contribution >= 4 is 45.0 Å². The number of cyclic esters (lactones) is 2. The Hall–Kier alpha value is -1.13. The molecule has 1 aromatic rings. The van der Waals surface area contributed by atoms with Gasteiger partial charge in [-0.05, 0) is 33.6 Å². The first-order chi connectivity index (χ1) is 7.09. The van der Waals surface area contributed by atoms with Gasteiger partial charge in [0.25, 0.3) is 0 Å². The summed E-state index contributed by atoms with van der Waals surface area (Å²) in [4.78, 5) is 22.4. The van der Waals surface area contributed by atoms with Gasteiger partial charge in [0.05, 0.1) is 5.57 Å². The normalized spacial score (nSPS) is 15.9. The molecule has 1 aromatic carbocycles. The van der Waals surface area contributed by atoms with Crippen molar-refractivity contribution in [1.29, 1.82) is 0 Å². The van der Waals surface area contributed by atoms with E-state index in [-0.39, 0.29) is 10.1 Å². The second-order valence-electron chi connectivity index (χ2n) is 2.87. The molecular weight excluding hydrogens is 283 g/mol. The highest BCUT2D eigenvalue weighted by molar-refractivity contribution is 9.12. The van der Waals surface area contributed by atoms with Crippen molar-refractivity contribution in [2.75, 3.05) is 0 Å². The average molecular weight is 287 g/mol. The van der Waals surface area contributed by atoms with Crippen LogP contribution in [0.2, 0.25) is 5.02 Å². The summed E-state index contributed by atoms with van der Waals surface area (Å²) < 4.78 is 4.59. The molecule has 1 heterocycles. The summed E-state index contributed by atoms with van der Waals surface area (Å²) >= 11 is 8.73. The van der Waals surface area contributed by atoms with Crippen molar-refractivity contribution in [3.63, 3.8) is 0 Å². The number of carbonyl (C=O) groups is 2. The molecule has 2 rings (SSSR count). The van der Waals surface area contributed by atoms with Crippen molar-refractivity contribution in [3.8, 4) is 0 Å². The van der Waals surface area contributed by atoms with Gasteiger partial charge in [-0.1, -0.05) is 23.7 Å².